The summed E-state index contributed by atoms with van der Waals surface area (Å²) < 4.78 is 43.3. The van der Waals surface area contributed by atoms with Gasteiger partial charge < -0.3 is 36.0 Å². The van der Waals surface area contributed by atoms with Crippen molar-refractivity contribution in [3.63, 3.8) is 0 Å². The Kier molecular flexibility index (Phi) is 19.6. The SMILES string of the molecule is CCCC[N+](CCCC)(CCCC)CCCC.CCN(c1ccc(C#N)c(C(F)(F)F)c1)C1CC=C(c2cncn2CC(C)O)C1.[Br-]. The number of aliphatic hydroxyl groups is 1. The van der Waals surface area contributed by atoms with Crippen LogP contribution in [-0.4, -0.2) is 64.0 Å². The van der Waals surface area contributed by atoms with E-state index < -0.39 is 17.8 Å². The minimum atomic E-state index is -4.58. The molecule has 47 heavy (non-hydrogen) atoms. The van der Waals surface area contributed by atoms with Gasteiger partial charge in [0.25, 0.3) is 0 Å². The Labute approximate surface area is 293 Å². The minimum absolute atomic E-state index is 0. The van der Waals surface area contributed by atoms with Gasteiger partial charge in [-0.05, 0) is 76.1 Å². The third-order valence-electron chi connectivity index (χ3n) is 9.08. The van der Waals surface area contributed by atoms with E-state index in [4.69, 9.17) is 5.26 Å². The van der Waals surface area contributed by atoms with Gasteiger partial charge in [0.15, 0.2) is 0 Å². The highest BCUT2D eigenvalue weighted by atomic mass is 79.9. The molecule has 2 atom stereocenters. The van der Waals surface area contributed by atoms with Crippen LogP contribution in [0.5, 0.6) is 0 Å². The molecule has 1 aromatic heterocycles. The van der Waals surface area contributed by atoms with Crippen molar-refractivity contribution >= 4 is 11.3 Å². The lowest BCUT2D eigenvalue weighted by molar-refractivity contribution is -0.929. The molecule has 0 saturated heterocycles. The molecular formula is C37H59BrF3N5O. The maximum absolute atomic E-state index is 13.3. The molecule has 0 bridgehead atoms. The Hall–Kier alpha value is -2.35. The van der Waals surface area contributed by atoms with E-state index in [0.29, 0.717) is 31.6 Å². The monoisotopic (exact) mass is 725 g/mol. The van der Waals surface area contributed by atoms with Gasteiger partial charge in [-0.15, -0.1) is 0 Å². The molecule has 0 aliphatic heterocycles. The molecule has 266 valence electrons. The van der Waals surface area contributed by atoms with Crippen LogP contribution in [0.3, 0.4) is 0 Å². The van der Waals surface area contributed by atoms with Crippen molar-refractivity contribution in [2.24, 2.45) is 0 Å². The molecule has 10 heteroatoms. The van der Waals surface area contributed by atoms with E-state index in [1.807, 2.05) is 16.4 Å². The summed E-state index contributed by atoms with van der Waals surface area (Å²) in [7, 11) is 0. The highest BCUT2D eigenvalue weighted by molar-refractivity contribution is 5.67. The Balaban J connectivity index is 0.000000530. The van der Waals surface area contributed by atoms with E-state index in [1.165, 1.54) is 88.1 Å². The first-order chi connectivity index (χ1) is 22.0. The Bertz CT molecular complexity index is 1200. The predicted molar refractivity (Wildman–Crippen MR) is 183 cm³/mol. The number of nitrogens with zero attached hydrogens (tertiary/aromatic N) is 5. The first kappa shape index (κ1) is 42.7. The molecule has 0 radical (unpaired) electrons. The normalized spacial score (nSPS) is 15.3. The minimum Gasteiger partial charge on any atom is -1.00 e. The van der Waals surface area contributed by atoms with Crippen LogP contribution < -0.4 is 21.9 Å². The molecule has 0 fully saturated rings. The van der Waals surface area contributed by atoms with Gasteiger partial charge in [-0.2, -0.15) is 18.4 Å². The zero-order chi connectivity index (χ0) is 34.2. The third-order valence-corrected chi connectivity index (χ3v) is 9.08. The molecular weight excluding hydrogens is 667 g/mol. The highest BCUT2D eigenvalue weighted by Crippen LogP contribution is 2.37. The molecule has 0 amide bonds. The molecule has 1 heterocycles. The number of rotatable bonds is 18. The lowest BCUT2D eigenvalue weighted by atomic mass is 10.0. The quantitative estimate of drug-likeness (QED) is 0.185. The highest BCUT2D eigenvalue weighted by Gasteiger charge is 2.35. The van der Waals surface area contributed by atoms with Crippen molar-refractivity contribution < 1.29 is 39.7 Å². The fourth-order valence-electron chi connectivity index (χ4n) is 6.50. The van der Waals surface area contributed by atoms with Crippen molar-refractivity contribution in [3.05, 3.63) is 53.6 Å². The van der Waals surface area contributed by atoms with Crippen molar-refractivity contribution in [2.45, 2.75) is 131 Å². The first-order valence-electron chi connectivity index (χ1n) is 17.6. The molecule has 0 saturated carbocycles. The molecule has 3 rings (SSSR count). The predicted octanol–water partition coefficient (Wildman–Crippen LogP) is 6.23. The first-order valence-corrected chi connectivity index (χ1v) is 17.6. The fourth-order valence-corrected chi connectivity index (χ4v) is 6.50. The van der Waals surface area contributed by atoms with Gasteiger partial charge in [0.05, 0.1) is 67.7 Å². The summed E-state index contributed by atoms with van der Waals surface area (Å²) in [6.07, 6.45) is 12.8. The van der Waals surface area contributed by atoms with Gasteiger partial charge in [0.1, 0.15) is 0 Å². The number of imidazole rings is 1. The average molecular weight is 727 g/mol. The molecule has 2 unspecified atom stereocenters. The molecule has 1 aromatic carbocycles. The summed E-state index contributed by atoms with van der Waals surface area (Å²) in [5.41, 5.74) is 1.16. The van der Waals surface area contributed by atoms with Gasteiger partial charge in [-0.3, -0.25) is 0 Å². The van der Waals surface area contributed by atoms with E-state index in [1.54, 1.807) is 31.6 Å². The van der Waals surface area contributed by atoms with Crippen LogP contribution in [0.15, 0.2) is 36.8 Å². The molecule has 1 N–H and O–H groups in total. The number of anilines is 1. The number of nitriles is 1. The van der Waals surface area contributed by atoms with E-state index in [2.05, 4.69) is 38.8 Å². The lowest BCUT2D eigenvalue weighted by Gasteiger charge is -2.39. The number of alkyl halides is 3. The summed E-state index contributed by atoms with van der Waals surface area (Å²) in [6, 6.07) is 5.52. The van der Waals surface area contributed by atoms with Crippen molar-refractivity contribution in [1.29, 1.82) is 5.26 Å². The summed E-state index contributed by atoms with van der Waals surface area (Å²) in [6.45, 7) is 19.6. The Morgan fingerprint density at radius 3 is 2.00 bits per heavy atom. The van der Waals surface area contributed by atoms with E-state index in [9.17, 15) is 18.3 Å². The third kappa shape index (κ3) is 13.2. The van der Waals surface area contributed by atoms with Crippen LogP contribution in [0, 0.1) is 11.3 Å². The topological polar surface area (TPSA) is 65.1 Å². The van der Waals surface area contributed by atoms with Crippen molar-refractivity contribution in [2.75, 3.05) is 37.6 Å². The zero-order valence-electron chi connectivity index (χ0n) is 29.6. The summed E-state index contributed by atoms with van der Waals surface area (Å²) in [4.78, 5) is 6.11. The van der Waals surface area contributed by atoms with Gasteiger partial charge >= 0.3 is 6.18 Å². The average Bonchev–Trinajstić information content (AvgIpc) is 3.70. The number of unbranched alkanes of at least 4 members (excludes halogenated alkanes) is 4. The van der Waals surface area contributed by atoms with Gasteiger partial charge in [0, 0.05) is 24.8 Å². The zero-order valence-corrected chi connectivity index (χ0v) is 31.2. The van der Waals surface area contributed by atoms with Gasteiger partial charge in [-0.25, -0.2) is 4.98 Å². The number of aliphatic hydroxyl groups excluding tert-OH is 1. The van der Waals surface area contributed by atoms with E-state index in [0.717, 1.165) is 17.3 Å². The van der Waals surface area contributed by atoms with Crippen LogP contribution in [0.2, 0.25) is 0 Å². The van der Waals surface area contributed by atoms with Crippen LogP contribution >= 0.6 is 0 Å². The number of hydrogen-bond acceptors (Lipinski definition) is 4. The summed E-state index contributed by atoms with van der Waals surface area (Å²) in [5, 5.41) is 18.7. The largest absolute Gasteiger partial charge is 1.00 e. The second-order valence-corrected chi connectivity index (χ2v) is 12.9. The summed E-state index contributed by atoms with van der Waals surface area (Å²) in [5.74, 6) is 0. The van der Waals surface area contributed by atoms with Gasteiger partial charge in [-0.1, -0.05) is 59.5 Å². The van der Waals surface area contributed by atoms with Gasteiger partial charge in [0.2, 0.25) is 0 Å². The number of hydrogen-bond donors (Lipinski definition) is 1. The van der Waals surface area contributed by atoms with Crippen molar-refractivity contribution in [1.82, 2.24) is 9.55 Å². The fraction of sp³-hybridized carbons (Fsp3) is 0.676. The summed E-state index contributed by atoms with van der Waals surface area (Å²) >= 11 is 0. The smallest absolute Gasteiger partial charge is 0.417 e. The standard InChI is InChI=1S/C21H23F3N4O.C16H36N.BrH/c1-3-28(18-7-5-16(10-25)19(9-18)21(22,23)24)17-6-4-15(8-17)20-11-26-13-27(20)12-14(2)29;1-5-9-13-17(14-10-6-2,15-11-7-3)16-12-8-4;/h4-5,7,9,11,13-14,17,29H,3,6,8,12H2,1-2H3;5-16H2,1-4H3;1H/q;+1;/p-1. The van der Waals surface area contributed by atoms with E-state index >= 15 is 0 Å². The molecule has 1 aliphatic rings. The van der Waals surface area contributed by atoms with Crippen LogP contribution in [0.25, 0.3) is 5.57 Å². The maximum atomic E-state index is 13.3. The molecule has 1 aliphatic carbocycles. The number of benzene rings is 1. The Morgan fingerprint density at radius 2 is 1.55 bits per heavy atom. The number of halogens is 4. The molecule has 0 spiro atoms. The maximum Gasteiger partial charge on any atom is 0.417 e. The van der Waals surface area contributed by atoms with Crippen LogP contribution in [0.4, 0.5) is 18.9 Å². The van der Waals surface area contributed by atoms with E-state index in [-0.39, 0.29) is 28.6 Å². The molecule has 6 nitrogen and oxygen atoms in total. The second-order valence-electron chi connectivity index (χ2n) is 12.9. The second kappa shape index (κ2) is 21.6. The van der Waals surface area contributed by atoms with Crippen molar-refractivity contribution in [3.8, 4) is 6.07 Å². The lowest BCUT2D eigenvalue weighted by Crippen LogP contribution is -3.00. The van der Waals surface area contributed by atoms with Crippen LogP contribution in [0.1, 0.15) is 123 Å². The number of aromatic nitrogens is 2. The Morgan fingerprint density at radius 1 is 1.00 bits per heavy atom. The molecule has 2 aromatic rings. The van der Waals surface area contributed by atoms with Crippen LogP contribution in [-0.2, 0) is 12.7 Å². The number of quaternary nitrogens is 1.